The lowest BCUT2D eigenvalue weighted by Gasteiger charge is -2.30. The minimum atomic E-state index is -0.211. The van der Waals surface area contributed by atoms with E-state index in [0.29, 0.717) is 6.54 Å². The van der Waals surface area contributed by atoms with Crippen molar-refractivity contribution in [2.24, 2.45) is 5.92 Å². The molecule has 2 aliphatic heterocycles. The number of benzene rings is 1. The molecule has 0 aromatic heterocycles. The van der Waals surface area contributed by atoms with Gasteiger partial charge in [0.2, 0.25) is 5.91 Å². The lowest BCUT2D eigenvalue weighted by Crippen LogP contribution is -2.37. The molecule has 1 aromatic rings. The summed E-state index contributed by atoms with van der Waals surface area (Å²) in [4.78, 5) is 26.4. The molecule has 1 aliphatic carbocycles. The maximum Gasteiger partial charge on any atom is 0.319 e. The molecule has 3 amide bonds. The third-order valence-corrected chi connectivity index (χ3v) is 5.16. The molecule has 0 spiro atoms. The summed E-state index contributed by atoms with van der Waals surface area (Å²) in [5.74, 6) is 0.489. The molecule has 6 heteroatoms. The van der Waals surface area contributed by atoms with Gasteiger partial charge < -0.3 is 20.3 Å². The SMILES string of the molecule is O=C(NC[C@@H]1CCCO1)Nc1ccc2c(c1)CCCN2C(=O)C1CC1. The molecule has 0 unspecified atom stereocenters. The molecule has 0 radical (unpaired) electrons. The first-order valence-electron chi connectivity index (χ1n) is 9.31. The number of hydrogen-bond acceptors (Lipinski definition) is 3. The number of nitrogens with zero attached hydrogens (tertiary/aromatic N) is 1. The average molecular weight is 343 g/mol. The van der Waals surface area contributed by atoms with Crippen molar-refractivity contribution in [3.8, 4) is 0 Å². The first-order chi connectivity index (χ1) is 12.2. The molecule has 2 fully saturated rings. The van der Waals surface area contributed by atoms with Gasteiger partial charge in [-0.15, -0.1) is 0 Å². The van der Waals surface area contributed by atoms with Crippen molar-refractivity contribution in [1.82, 2.24) is 5.32 Å². The first-order valence-corrected chi connectivity index (χ1v) is 9.31. The predicted molar refractivity (Wildman–Crippen MR) is 95.8 cm³/mol. The summed E-state index contributed by atoms with van der Waals surface area (Å²) >= 11 is 0. The van der Waals surface area contributed by atoms with Gasteiger partial charge in [-0.1, -0.05) is 0 Å². The normalized spacial score (nSPS) is 22.4. The zero-order chi connectivity index (χ0) is 17.2. The molecule has 1 atom stereocenters. The van der Waals surface area contributed by atoms with E-state index < -0.39 is 0 Å². The van der Waals surface area contributed by atoms with Crippen LogP contribution in [0.2, 0.25) is 0 Å². The van der Waals surface area contributed by atoms with Crippen molar-refractivity contribution in [3.63, 3.8) is 0 Å². The minimum absolute atomic E-state index is 0.135. The minimum Gasteiger partial charge on any atom is -0.376 e. The molecular weight excluding hydrogens is 318 g/mol. The van der Waals surface area contributed by atoms with Gasteiger partial charge in [0, 0.05) is 37.0 Å². The van der Waals surface area contributed by atoms with Crippen LogP contribution in [-0.4, -0.2) is 37.7 Å². The molecule has 2 N–H and O–H groups in total. The number of fused-ring (bicyclic) bond motifs is 1. The summed E-state index contributed by atoms with van der Waals surface area (Å²) in [5.41, 5.74) is 2.91. The molecule has 1 saturated carbocycles. The maximum absolute atomic E-state index is 12.4. The Bertz CT molecular complexity index is 666. The van der Waals surface area contributed by atoms with Crippen LogP contribution in [0.25, 0.3) is 0 Å². The molecule has 1 aromatic carbocycles. The van der Waals surface area contributed by atoms with E-state index in [1.807, 2.05) is 23.1 Å². The number of amides is 3. The number of anilines is 2. The Balaban J connectivity index is 1.38. The summed E-state index contributed by atoms with van der Waals surface area (Å²) in [5, 5.41) is 5.75. The molecule has 2 heterocycles. The van der Waals surface area contributed by atoms with Gasteiger partial charge in [-0.05, 0) is 62.3 Å². The van der Waals surface area contributed by atoms with Gasteiger partial charge in [0.15, 0.2) is 0 Å². The Labute approximate surface area is 147 Å². The Morgan fingerprint density at radius 2 is 2.08 bits per heavy atom. The van der Waals surface area contributed by atoms with Crippen LogP contribution in [-0.2, 0) is 16.0 Å². The molecule has 3 aliphatic rings. The van der Waals surface area contributed by atoms with Crippen LogP contribution in [0.1, 0.15) is 37.7 Å². The third kappa shape index (κ3) is 3.79. The predicted octanol–water partition coefficient (Wildman–Crippen LogP) is 2.68. The third-order valence-electron chi connectivity index (χ3n) is 5.16. The van der Waals surface area contributed by atoms with Gasteiger partial charge >= 0.3 is 6.03 Å². The summed E-state index contributed by atoms with van der Waals surface area (Å²) in [7, 11) is 0. The topological polar surface area (TPSA) is 70.7 Å². The van der Waals surface area contributed by atoms with E-state index in [1.165, 1.54) is 0 Å². The highest BCUT2D eigenvalue weighted by atomic mass is 16.5. The number of ether oxygens (including phenoxy) is 1. The molecule has 4 rings (SSSR count). The number of urea groups is 1. The molecule has 0 bridgehead atoms. The fourth-order valence-electron chi connectivity index (χ4n) is 3.64. The van der Waals surface area contributed by atoms with E-state index in [2.05, 4.69) is 10.6 Å². The van der Waals surface area contributed by atoms with Gasteiger partial charge in [-0.3, -0.25) is 4.79 Å². The number of carbonyl (C=O) groups excluding carboxylic acids is 2. The van der Waals surface area contributed by atoms with Crippen LogP contribution in [0.4, 0.5) is 16.2 Å². The number of hydrogen-bond donors (Lipinski definition) is 2. The zero-order valence-electron chi connectivity index (χ0n) is 14.4. The van der Waals surface area contributed by atoms with Gasteiger partial charge in [-0.2, -0.15) is 0 Å². The summed E-state index contributed by atoms with van der Waals surface area (Å²) in [6, 6.07) is 5.62. The van der Waals surface area contributed by atoms with Crippen molar-refractivity contribution in [1.29, 1.82) is 0 Å². The molecule has 134 valence electrons. The number of nitrogens with one attached hydrogen (secondary N) is 2. The Morgan fingerprint density at radius 1 is 1.20 bits per heavy atom. The highest BCUT2D eigenvalue weighted by molar-refractivity contribution is 5.98. The van der Waals surface area contributed by atoms with E-state index >= 15 is 0 Å². The largest absolute Gasteiger partial charge is 0.376 e. The Morgan fingerprint density at radius 3 is 2.84 bits per heavy atom. The first kappa shape index (κ1) is 16.4. The second-order valence-corrected chi connectivity index (χ2v) is 7.18. The van der Waals surface area contributed by atoms with Crippen LogP contribution in [0, 0.1) is 5.92 Å². The van der Waals surface area contributed by atoms with Crippen molar-refractivity contribution >= 4 is 23.3 Å². The fraction of sp³-hybridized carbons (Fsp3) is 0.579. The second-order valence-electron chi connectivity index (χ2n) is 7.18. The van der Waals surface area contributed by atoms with Crippen molar-refractivity contribution < 1.29 is 14.3 Å². The van der Waals surface area contributed by atoms with Crippen molar-refractivity contribution in [2.45, 2.75) is 44.6 Å². The van der Waals surface area contributed by atoms with Crippen molar-refractivity contribution in [3.05, 3.63) is 23.8 Å². The lowest BCUT2D eigenvalue weighted by atomic mass is 10.0. The van der Waals surface area contributed by atoms with E-state index in [-0.39, 0.29) is 24.0 Å². The number of rotatable bonds is 4. The molecule has 1 saturated heterocycles. The van der Waals surface area contributed by atoms with Gasteiger partial charge in [-0.25, -0.2) is 4.79 Å². The highest BCUT2D eigenvalue weighted by Crippen LogP contribution is 2.36. The fourth-order valence-corrected chi connectivity index (χ4v) is 3.64. The smallest absolute Gasteiger partial charge is 0.319 e. The lowest BCUT2D eigenvalue weighted by molar-refractivity contribution is -0.119. The van der Waals surface area contributed by atoms with E-state index in [4.69, 9.17) is 4.74 Å². The number of aryl methyl sites for hydroxylation is 1. The van der Waals surface area contributed by atoms with Gasteiger partial charge in [0.05, 0.1) is 6.10 Å². The highest BCUT2D eigenvalue weighted by Gasteiger charge is 2.35. The maximum atomic E-state index is 12.4. The van der Waals surface area contributed by atoms with Crippen molar-refractivity contribution in [2.75, 3.05) is 29.9 Å². The zero-order valence-corrected chi connectivity index (χ0v) is 14.4. The number of carbonyl (C=O) groups is 2. The summed E-state index contributed by atoms with van der Waals surface area (Å²) in [6.07, 6.45) is 6.16. The van der Waals surface area contributed by atoms with E-state index in [1.54, 1.807) is 0 Å². The molecule has 6 nitrogen and oxygen atoms in total. The van der Waals surface area contributed by atoms with Crippen LogP contribution < -0.4 is 15.5 Å². The van der Waals surface area contributed by atoms with E-state index in [0.717, 1.165) is 68.6 Å². The quantitative estimate of drug-likeness (QED) is 0.883. The van der Waals surface area contributed by atoms with Crippen LogP contribution in [0.15, 0.2) is 18.2 Å². The van der Waals surface area contributed by atoms with E-state index in [9.17, 15) is 9.59 Å². The second kappa shape index (κ2) is 7.04. The standard InChI is InChI=1S/C19H25N3O3/c23-18(13-5-6-13)22-9-1-3-14-11-15(7-8-17(14)22)21-19(24)20-12-16-4-2-10-25-16/h7-8,11,13,16H,1-6,9-10,12H2,(H2,20,21,24)/t16-/m0/s1. The van der Waals surface area contributed by atoms with Crippen LogP contribution in [0.3, 0.4) is 0 Å². The average Bonchev–Trinajstić information content (AvgIpc) is 3.34. The monoisotopic (exact) mass is 343 g/mol. The Hall–Kier alpha value is -2.08. The summed E-state index contributed by atoms with van der Waals surface area (Å²) < 4.78 is 5.51. The van der Waals surface area contributed by atoms with Gasteiger partial charge in [0.1, 0.15) is 0 Å². The Kier molecular flexibility index (Phi) is 4.61. The molecular formula is C19H25N3O3. The van der Waals surface area contributed by atoms with Gasteiger partial charge in [0.25, 0.3) is 0 Å². The molecule has 25 heavy (non-hydrogen) atoms. The summed E-state index contributed by atoms with van der Waals surface area (Å²) in [6.45, 7) is 2.13. The van der Waals surface area contributed by atoms with Crippen LogP contribution in [0.5, 0.6) is 0 Å². The van der Waals surface area contributed by atoms with Crippen LogP contribution >= 0.6 is 0 Å².